The number of hydrogen-bond donors (Lipinski definition) is 3. The first-order chi connectivity index (χ1) is 7.42. The first-order valence-corrected chi connectivity index (χ1v) is 6.50. The van der Waals surface area contributed by atoms with Crippen LogP contribution in [0.5, 0.6) is 0 Å². The molecule has 1 aliphatic rings. The van der Waals surface area contributed by atoms with Crippen LogP contribution in [0.3, 0.4) is 0 Å². The molecule has 1 atom stereocenters. The quantitative estimate of drug-likeness (QED) is 0.672. The molecule has 0 aromatic rings. The van der Waals surface area contributed by atoms with E-state index in [1.807, 2.05) is 20.8 Å². The van der Waals surface area contributed by atoms with Gasteiger partial charge in [0.05, 0.1) is 12.2 Å². The average Bonchev–Trinajstić information content (AvgIpc) is 2.28. The van der Waals surface area contributed by atoms with Crippen molar-refractivity contribution in [3.05, 3.63) is 0 Å². The van der Waals surface area contributed by atoms with Gasteiger partial charge in [0.1, 0.15) is 0 Å². The minimum Gasteiger partial charge on any atom is -0.394 e. The summed E-state index contributed by atoms with van der Waals surface area (Å²) in [6.45, 7) is 6.65. The van der Waals surface area contributed by atoms with Gasteiger partial charge in [-0.25, -0.2) is 0 Å². The van der Waals surface area contributed by atoms with E-state index >= 15 is 0 Å². The van der Waals surface area contributed by atoms with Crippen LogP contribution in [0.1, 0.15) is 52.9 Å². The monoisotopic (exact) mass is 229 g/mol. The third kappa shape index (κ3) is 3.44. The van der Waals surface area contributed by atoms with Gasteiger partial charge in [0.25, 0.3) is 0 Å². The van der Waals surface area contributed by atoms with Crippen molar-refractivity contribution in [3.63, 3.8) is 0 Å². The second-order valence-corrected chi connectivity index (χ2v) is 5.86. The van der Waals surface area contributed by atoms with E-state index in [-0.39, 0.29) is 18.1 Å². The molecule has 1 fully saturated rings. The van der Waals surface area contributed by atoms with E-state index in [0.717, 1.165) is 12.8 Å². The first-order valence-electron chi connectivity index (χ1n) is 6.50. The van der Waals surface area contributed by atoms with Crippen LogP contribution in [0.2, 0.25) is 0 Å². The lowest BCUT2D eigenvalue weighted by atomic mass is 9.81. The third-order valence-corrected chi connectivity index (χ3v) is 4.18. The summed E-state index contributed by atoms with van der Waals surface area (Å²) in [6.07, 6.45) is 5.67. The van der Waals surface area contributed by atoms with Gasteiger partial charge in [0, 0.05) is 12.1 Å². The lowest BCUT2D eigenvalue weighted by Crippen LogP contribution is -2.55. The second-order valence-electron chi connectivity index (χ2n) is 5.86. The van der Waals surface area contributed by atoms with Crippen LogP contribution in [0.25, 0.3) is 0 Å². The van der Waals surface area contributed by atoms with Crippen LogP contribution in [-0.2, 0) is 0 Å². The molecule has 1 saturated carbocycles. The summed E-state index contributed by atoms with van der Waals surface area (Å²) in [7, 11) is 0. The lowest BCUT2D eigenvalue weighted by molar-refractivity contribution is -0.00220. The molecule has 3 nitrogen and oxygen atoms in total. The molecule has 96 valence electrons. The van der Waals surface area contributed by atoms with Crippen LogP contribution in [0, 0.1) is 5.92 Å². The van der Waals surface area contributed by atoms with Crippen molar-refractivity contribution in [1.82, 2.24) is 5.32 Å². The molecule has 16 heavy (non-hydrogen) atoms. The lowest BCUT2D eigenvalue weighted by Gasteiger charge is -2.40. The van der Waals surface area contributed by atoms with Crippen molar-refractivity contribution in [2.24, 2.45) is 5.92 Å². The Morgan fingerprint density at radius 1 is 1.25 bits per heavy atom. The molecular weight excluding hydrogens is 202 g/mol. The highest BCUT2D eigenvalue weighted by Crippen LogP contribution is 2.28. The second kappa shape index (κ2) is 5.48. The fourth-order valence-electron chi connectivity index (χ4n) is 2.19. The van der Waals surface area contributed by atoms with Gasteiger partial charge in [0.2, 0.25) is 0 Å². The van der Waals surface area contributed by atoms with Crippen LogP contribution in [-0.4, -0.2) is 34.5 Å². The zero-order valence-electron chi connectivity index (χ0n) is 10.9. The Morgan fingerprint density at radius 2 is 1.81 bits per heavy atom. The molecule has 3 heteroatoms. The number of nitrogens with one attached hydrogen (secondary N) is 1. The number of aliphatic hydroxyl groups is 2. The van der Waals surface area contributed by atoms with E-state index < -0.39 is 5.60 Å². The highest BCUT2D eigenvalue weighted by molar-refractivity contribution is 4.93. The molecule has 1 unspecified atom stereocenters. The Hall–Kier alpha value is -0.120. The van der Waals surface area contributed by atoms with Crippen molar-refractivity contribution in [2.75, 3.05) is 13.2 Å². The smallest absolute Gasteiger partial charge is 0.0766 e. The van der Waals surface area contributed by atoms with E-state index in [2.05, 4.69) is 5.32 Å². The maximum atomic E-state index is 10.2. The fraction of sp³-hybridized carbons (Fsp3) is 1.00. The normalized spacial score (nSPS) is 24.4. The maximum Gasteiger partial charge on any atom is 0.0766 e. The van der Waals surface area contributed by atoms with Gasteiger partial charge >= 0.3 is 0 Å². The topological polar surface area (TPSA) is 52.5 Å². The number of β-amino-alcohol motifs (C(OH)–C–C–N with tert-alkyl or cyclic N) is 1. The molecule has 3 N–H and O–H groups in total. The SMILES string of the molecule is CC(C)C(C)(O)CNC1(CO)CCCCC1. The van der Waals surface area contributed by atoms with Crippen molar-refractivity contribution >= 4 is 0 Å². The molecule has 0 aliphatic heterocycles. The van der Waals surface area contributed by atoms with Gasteiger partial charge in [-0.05, 0) is 25.7 Å². The molecule has 0 amide bonds. The van der Waals surface area contributed by atoms with Crippen molar-refractivity contribution in [2.45, 2.75) is 64.0 Å². The number of aliphatic hydroxyl groups excluding tert-OH is 1. The Morgan fingerprint density at radius 3 is 2.25 bits per heavy atom. The highest BCUT2D eigenvalue weighted by Gasteiger charge is 2.34. The minimum atomic E-state index is -0.695. The summed E-state index contributed by atoms with van der Waals surface area (Å²) < 4.78 is 0. The first kappa shape index (κ1) is 13.9. The van der Waals surface area contributed by atoms with Gasteiger partial charge in [0.15, 0.2) is 0 Å². The molecule has 0 radical (unpaired) electrons. The predicted molar refractivity (Wildman–Crippen MR) is 66.4 cm³/mol. The van der Waals surface area contributed by atoms with Crippen molar-refractivity contribution < 1.29 is 10.2 Å². The van der Waals surface area contributed by atoms with Crippen molar-refractivity contribution in [1.29, 1.82) is 0 Å². The molecule has 0 heterocycles. The fourth-order valence-corrected chi connectivity index (χ4v) is 2.19. The Balaban J connectivity index is 2.50. The predicted octanol–water partition coefficient (Wildman–Crippen LogP) is 1.68. The van der Waals surface area contributed by atoms with Gasteiger partial charge < -0.3 is 15.5 Å². The molecular formula is C13H27NO2. The number of hydrogen-bond acceptors (Lipinski definition) is 3. The largest absolute Gasteiger partial charge is 0.394 e. The van der Waals surface area contributed by atoms with E-state index in [1.165, 1.54) is 19.3 Å². The summed E-state index contributed by atoms with van der Waals surface area (Å²) in [4.78, 5) is 0. The number of rotatable bonds is 5. The van der Waals surface area contributed by atoms with Gasteiger partial charge in [-0.2, -0.15) is 0 Å². The molecule has 0 aromatic heterocycles. The Bertz CT molecular complexity index is 208. The van der Waals surface area contributed by atoms with Crippen LogP contribution in [0.15, 0.2) is 0 Å². The van der Waals surface area contributed by atoms with Crippen LogP contribution < -0.4 is 5.32 Å². The summed E-state index contributed by atoms with van der Waals surface area (Å²) in [5.74, 6) is 0.222. The standard InChI is InChI=1S/C13H27NO2/c1-11(2)12(3,16)9-14-13(10-15)7-5-4-6-8-13/h11,14-16H,4-10H2,1-3H3. The third-order valence-electron chi connectivity index (χ3n) is 4.18. The highest BCUT2D eigenvalue weighted by atomic mass is 16.3. The molecule has 0 aromatic carbocycles. The van der Waals surface area contributed by atoms with E-state index in [1.54, 1.807) is 0 Å². The molecule has 0 bridgehead atoms. The van der Waals surface area contributed by atoms with Gasteiger partial charge in [-0.1, -0.05) is 33.1 Å². The summed E-state index contributed by atoms with van der Waals surface area (Å²) in [6, 6.07) is 0. The Labute approximate surface area is 99.3 Å². The molecule has 1 aliphatic carbocycles. The van der Waals surface area contributed by atoms with Crippen molar-refractivity contribution in [3.8, 4) is 0 Å². The van der Waals surface area contributed by atoms with E-state index in [9.17, 15) is 10.2 Å². The zero-order valence-corrected chi connectivity index (χ0v) is 10.9. The maximum absolute atomic E-state index is 10.2. The average molecular weight is 229 g/mol. The van der Waals surface area contributed by atoms with Gasteiger partial charge in [-0.3, -0.25) is 0 Å². The van der Waals surface area contributed by atoms with Gasteiger partial charge in [-0.15, -0.1) is 0 Å². The summed E-state index contributed by atoms with van der Waals surface area (Å²) in [5, 5.41) is 23.1. The Kier molecular flexibility index (Phi) is 4.77. The molecule has 0 spiro atoms. The van der Waals surface area contributed by atoms with Crippen LogP contribution in [0.4, 0.5) is 0 Å². The van der Waals surface area contributed by atoms with E-state index in [4.69, 9.17) is 0 Å². The molecule has 1 rings (SSSR count). The van der Waals surface area contributed by atoms with E-state index in [0.29, 0.717) is 6.54 Å². The molecule has 0 saturated heterocycles. The van der Waals surface area contributed by atoms with Crippen LogP contribution >= 0.6 is 0 Å². The summed E-state index contributed by atoms with van der Waals surface area (Å²) >= 11 is 0. The summed E-state index contributed by atoms with van der Waals surface area (Å²) in [5.41, 5.74) is -0.837. The zero-order chi connectivity index (χ0) is 12.2. The minimum absolute atomic E-state index is 0.142.